The third-order valence-electron chi connectivity index (χ3n) is 2.24. The van der Waals surface area contributed by atoms with Crippen molar-refractivity contribution >= 4 is 5.78 Å². The van der Waals surface area contributed by atoms with Gasteiger partial charge in [0.25, 0.3) is 0 Å². The van der Waals surface area contributed by atoms with E-state index in [9.17, 15) is 4.79 Å². The van der Waals surface area contributed by atoms with Crippen molar-refractivity contribution in [2.75, 3.05) is 0 Å². The third-order valence-corrected chi connectivity index (χ3v) is 2.24. The van der Waals surface area contributed by atoms with Gasteiger partial charge in [-0.3, -0.25) is 9.78 Å². The van der Waals surface area contributed by atoms with Crippen LogP contribution in [-0.2, 0) is 0 Å². The molecule has 0 saturated heterocycles. The second kappa shape index (κ2) is 4.05. The Morgan fingerprint density at radius 2 is 1.87 bits per heavy atom. The van der Waals surface area contributed by atoms with E-state index < -0.39 is 0 Å². The number of rotatable bonds is 2. The van der Waals surface area contributed by atoms with Crippen molar-refractivity contribution in [3.63, 3.8) is 0 Å². The highest BCUT2D eigenvalue weighted by molar-refractivity contribution is 5.94. The van der Waals surface area contributed by atoms with Crippen LogP contribution in [0.2, 0.25) is 0 Å². The van der Waals surface area contributed by atoms with Crippen LogP contribution in [-0.4, -0.2) is 10.8 Å². The van der Waals surface area contributed by atoms with Gasteiger partial charge in [-0.1, -0.05) is 30.3 Å². The fourth-order valence-corrected chi connectivity index (χ4v) is 1.42. The summed E-state index contributed by atoms with van der Waals surface area (Å²) >= 11 is 0. The molecular weight excluding hydrogens is 186 g/mol. The first-order chi connectivity index (χ1) is 7.27. The van der Waals surface area contributed by atoms with Gasteiger partial charge in [-0.25, -0.2) is 0 Å². The molecule has 74 valence electrons. The van der Waals surface area contributed by atoms with E-state index >= 15 is 0 Å². The molecule has 0 N–H and O–H groups in total. The van der Waals surface area contributed by atoms with Crippen LogP contribution in [0.15, 0.2) is 48.7 Å². The number of nitrogens with zero attached hydrogens (tertiary/aromatic N) is 1. The van der Waals surface area contributed by atoms with Crippen LogP contribution in [0.1, 0.15) is 17.3 Å². The zero-order chi connectivity index (χ0) is 10.7. The van der Waals surface area contributed by atoms with Crippen molar-refractivity contribution in [1.82, 2.24) is 4.98 Å². The van der Waals surface area contributed by atoms with Gasteiger partial charge in [-0.2, -0.15) is 0 Å². The smallest absolute Gasteiger partial charge is 0.159 e. The van der Waals surface area contributed by atoms with Crippen LogP contribution in [0.3, 0.4) is 0 Å². The largest absolute Gasteiger partial charge is 0.295 e. The Labute approximate surface area is 88.6 Å². The Kier molecular flexibility index (Phi) is 2.59. The first-order valence-electron chi connectivity index (χ1n) is 4.80. The lowest BCUT2D eigenvalue weighted by Crippen LogP contribution is -1.93. The summed E-state index contributed by atoms with van der Waals surface area (Å²) in [6.07, 6.45) is 1.67. The minimum atomic E-state index is 0.0644. The average molecular weight is 197 g/mol. The number of benzene rings is 1. The molecule has 0 atom stereocenters. The molecule has 0 bridgehead atoms. The van der Waals surface area contributed by atoms with E-state index in [1.807, 2.05) is 36.4 Å². The summed E-state index contributed by atoms with van der Waals surface area (Å²) in [5, 5.41) is 0. The second-order valence-corrected chi connectivity index (χ2v) is 3.35. The van der Waals surface area contributed by atoms with E-state index in [-0.39, 0.29) is 5.78 Å². The summed E-state index contributed by atoms with van der Waals surface area (Å²) in [4.78, 5) is 15.4. The minimum Gasteiger partial charge on any atom is -0.295 e. The second-order valence-electron chi connectivity index (χ2n) is 3.35. The first-order valence-corrected chi connectivity index (χ1v) is 4.80. The van der Waals surface area contributed by atoms with Crippen LogP contribution in [0.4, 0.5) is 0 Å². The molecule has 0 fully saturated rings. The van der Waals surface area contributed by atoms with E-state index in [1.54, 1.807) is 19.2 Å². The average Bonchev–Trinajstić information content (AvgIpc) is 2.30. The molecule has 0 aliphatic rings. The van der Waals surface area contributed by atoms with Gasteiger partial charge in [-0.05, 0) is 19.1 Å². The third kappa shape index (κ3) is 2.10. The van der Waals surface area contributed by atoms with Crippen molar-refractivity contribution in [2.45, 2.75) is 6.92 Å². The molecule has 0 radical (unpaired) electrons. The van der Waals surface area contributed by atoms with Crippen LogP contribution in [0.5, 0.6) is 0 Å². The lowest BCUT2D eigenvalue weighted by atomic mass is 10.1. The van der Waals surface area contributed by atoms with E-state index in [0.717, 1.165) is 11.3 Å². The van der Waals surface area contributed by atoms with Crippen molar-refractivity contribution in [3.8, 4) is 11.3 Å². The van der Waals surface area contributed by atoms with Gasteiger partial charge in [0.1, 0.15) is 0 Å². The summed E-state index contributed by atoms with van der Waals surface area (Å²) in [5.41, 5.74) is 2.56. The minimum absolute atomic E-state index is 0.0644. The summed E-state index contributed by atoms with van der Waals surface area (Å²) in [5.74, 6) is 0.0644. The van der Waals surface area contributed by atoms with Crippen LogP contribution >= 0.6 is 0 Å². The predicted molar refractivity (Wildman–Crippen MR) is 59.7 cm³/mol. The number of hydrogen-bond donors (Lipinski definition) is 0. The quantitative estimate of drug-likeness (QED) is 0.693. The topological polar surface area (TPSA) is 30.0 Å². The lowest BCUT2D eigenvalue weighted by molar-refractivity contribution is 0.101. The molecule has 15 heavy (non-hydrogen) atoms. The van der Waals surface area contributed by atoms with Crippen LogP contribution in [0, 0.1) is 0 Å². The molecule has 2 aromatic rings. The molecule has 0 spiro atoms. The van der Waals surface area contributed by atoms with Crippen LogP contribution in [0.25, 0.3) is 11.3 Å². The Morgan fingerprint density at radius 3 is 2.53 bits per heavy atom. The van der Waals surface area contributed by atoms with Gasteiger partial charge in [0, 0.05) is 17.3 Å². The maximum Gasteiger partial charge on any atom is 0.159 e. The van der Waals surface area contributed by atoms with Gasteiger partial charge in [-0.15, -0.1) is 0 Å². The number of carbonyl (C=O) groups is 1. The van der Waals surface area contributed by atoms with E-state index in [2.05, 4.69) is 4.98 Å². The maximum absolute atomic E-state index is 11.2. The zero-order valence-corrected chi connectivity index (χ0v) is 8.47. The van der Waals surface area contributed by atoms with Crippen molar-refractivity contribution < 1.29 is 4.79 Å². The highest BCUT2D eigenvalue weighted by Crippen LogP contribution is 2.17. The summed E-state index contributed by atoms with van der Waals surface area (Å²) < 4.78 is 0. The standard InChI is InChI=1S/C13H11NO/c1-10(15)12-7-8-14-13(9-12)11-5-3-2-4-6-11/h2-9H,1H3. The number of carbonyl (C=O) groups excluding carboxylic acids is 1. The number of hydrogen-bond acceptors (Lipinski definition) is 2. The van der Waals surface area contributed by atoms with Gasteiger partial charge in [0.15, 0.2) is 5.78 Å². The van der Waals surface area contributed by atoms with Gasteiger partial charge in [0.2, 0.25) is 0 Å². The fraction of sp³-hybridized carbons (Fsp3) is 0.0769. The molecule has 1 aromatic heterocycles. The monoisotopic (exact) mass is 197 g/mol. The summed E-state index contributed by atoms with van der Waals surface area (Å²) in [7, 11) is 0. The molecular formula is C13H11NO. The molecule has 0 aliphatic heterocycles. The Balaban J connectivity index is 2.46. The van der Waals surface area contributed by atoms with Gasteiger partial charge in [0.05, 0.1) is 5.69 Å². The molecule has 2 nitrogen and oxygen atoms in total. The highest BCUT2D eigenvalue weighted by atomic mass is 16.1. The molecule has 0 aliphatic carbocycles. The molecule has 2 heteroatoms. The highest BCUT2D eigenvalue weighted by Gasteiger charge is 2.02. The van der Waals surface area contributed by atoms with Crippen molar-refractivity contribution in [2.24, 2.45) is 0 Å². The first kappa shape index (κ1) is 9.59. The van der Waals surface area contributed by atoms with Crippen molar-refractivity contribution in [3.05, 3.63) is 54.2 Å². The van der Waals surface area contributed by atoms with E-state index in [4.69, 9.17) is 0 Å². The fourth-order valence-electron chi connectivity index (χ4n) is 1.42. The number of ketones is 1. The Morgan fingerprint density at radius 1 is 1.13 bits per heavy atom. The molecule has 1 aromatic carbocycles. The molecule has 1 heterocycles. The molecule has 0 saturated carbocycles. The summed E-state index contributed by atoms with van der Waals surface area (Å²) in [6.45, 7) is 1.56. The predicted octanol–water partition coefficient (Wildman–Crippen LogP) is 2.95. The number of aromatic nitrogens is 1. The SMILES string of the molecule is CC(=O)c1ccnc(-c2ccccc2)c1. The van der Waals surface area contributed by atoms with E-state index in [1.165, 1.54) is 0 Å². The van der Waals surface area contributed by atoms with Gasteiger partial charge < -0.3 is 0 Å². The molecule has 2 rings (SSSR count). The Hall–Kier alpha value is -1.96. The maximum atomic E-state index is 11.2. The molecule has 0 unspecified atom stereocenters. The lowest BCUT2D eigenvalue weighted by Gasteiger charge is -2.01. The van der Waals surface area contributed by atoms with Crippen LogP contribution < -0.4 is 0 Å². The van der Waals surface area contributed by atoms with E-state index in [0.29, 0.717) is 5.56 Å². The molecule has 0 amide bonds. The van der Waals surface area contributed by atoms with Crippen molar-refractivity contribution in [1.29, 1.82) is 0 Å². The number of Topliss-reactive ketones (excluding diaryl/α,β-unsaturated/α-hetero) is 1. The van der Waals surface area contributed by atoms with Gasteiger partial charge >= 0.3 is 0 Å². The normalized spacial score (nSPS) is 9.93. The zero-order valence-electron chi connectivity index (χ0n) is 8.47. The summed E-state index contributed by atoms with van der Waals surface area (Å²) in [6, 6.07) is 13.4. The number of pyridine rings is 1. The Bertz CT molecular complexity index is 477.